The molecule has 10 heteroatoms. The fourth-order valence-corrected chi connectivity index (χ4v) is 4.91. The SMILES string of the molecule is CCOc1ccc2nc(SC(C)C(=O)Nc3ccc(S(=O)(=O)NC(C)C)cc3)[nH]c2c1. The second kappa shape index (κ2) is 9.71. The van der Waals surface area contributed by atoms with Gasteiger partial charge >= 0.3 is 0 Å². The molecule has 31 heavy (non-hydrogen) atoms. The van der Waals surface area contributed by atoms with Gasteiger partial charge in [-0.25, -0.2) is 18.1 Å². The van der Waals surface area contributed by atoms with Crippen molar-refractivity contribution in [2.75, 3.05) is 11.9 Å². The van der Waals surface area contributed by atoms with Gasteiger partial charge in [-0.05, 0) is 64.1 Å². The van der Waals surface area contributed by atoms with E-state index < -0.39 is 15.3 Å². The third-order valence-electron chi connectivity index (χ3n) is 4.22. The number of aromatic amines is 1. The van der Waals surface area contributed by atoms with Crippen molar-refractivity contribution in [3.8, 4) is 5.75 Å². The molecule has 2 aromatic carbocycles. The highest BCUT2D eigenvalue weighted by Crippen LogP contribution is 2.26. The van der Waals surface area contributed by atoms with Crippen molar-refractivity contribution in [3.63, 3.8) is 0 Å². The molecular weight excluding hydrogens is 436 g/mol. The second-order valence-corrected chi connectivity index (χ2v) is 10.2. The summed E-state index contributed by atoms with van der Waals surface area (Å²) in [6, 6.07) is 11.5. The number of rotatable bonds is 9. The summed E-state index contributed by atoms with van der Waals surface area (Å²) in [7, 11) is -3.57. The monoisotopic (exact) mass is 462 g/mol. The van der Waals surface area contributed by atoms with E-state index >= 15 is 0 Å². The van der Waals surface area contributed by atoms with Crippen LogP contribution < -0.4 is 14.8 Å². The number of nitrogens with one attached hydrogen (secondary N) is 3. The zero-order valence-corrected chi connectivity index (χ0v) is 19.4. The Balaban J connectivity index is 1.63. The molecule has 0 bridgehead atoms. The summed E-state index contributed by atoms with van der Waals surface area (Å²) in [5.41, 5.74) is 2.16. The van der Waals surface area contributed by atoms with Crippen molar-refractivity contribution in [2.24, 2.45) is 0 Å². The molecule has 0 saturated carbocycles. The van der Waals surface area contributed by atoms with Crippen LogP contribution in [0.4, 0.5) is 5.69 Å². The molecule has 8 nitrogen and oxygen atoms in total. The fraction of sp³-hybridized carbons (Fsp3) is 0.333. The first-order valence-corrected chi connectivity index (χ1v) is 12.3. The number of aromatic nitrogens is 2. The van der Waals surface area contributed by atoms with Crippen LogP contribution in [0.5, 0.6) is 5.75 Å². The summed E-state index contributed by atoms with van der Waals surface area (Å²) in [6.07, 6.45) is 0. The number of sulfonamides is 1. The molecule has 1 amide bonds. The smallest absolute Gasteiger partial charge is 0.240 e. The Bertz CT molecular complexity index is 1160. The molecule has 0 aliphatic carbocycles. The van der Waals surface area contributed by atoms with Gasteiger partial charge in [-0.1, -0.05) is 11.8 Å². The second-order valence-electron chi connectivity index (χ2n) is 7.20. The number of hydrogen-bond donors (Lipinski definition) is 3. The number of nitrogens with zero attached hydrogens (tertiary/aromatic N) is 1. The molecule has 3 aromatic rings. The van der Waals surface area contributed by atoms with E-state index in [4.69, 9.17) is 4.74 Å². The highest BCUT2D eigenvalue weighted by atomic mass is 32.2. The first kappa shape index (κ1) is 23.1. The molecule has 0 aliphatic heterocycles. The first-order chi connectivity index (χ1) is 14.7. The highest BCUT2D eigenvalue weighted by Gasteiger charge is 2.18. The lowest BCUT2D eigenvalue weighted by Crippen LogP contribution is -2.30. The third kappa shape index (κ3) is 5.99. The Morgan fingerprint density at radius 1 is 1.16 bits per heavy atom. The Labute approximate surface area is 186 Å². The van der Waals surface area contributed by atoms with E-state index in [9.17, 15) is 13.2 Å². The summed E-state index contributed by atoms with van der Waals surface area (Å²) in [5.74, 6) is 0.548. The standard InChI is InChI=1S/C21H26N4O4S2/c1-5-29-16-8-11-18-19(12-16)24-21(23-18)30-14(4)20(26)22-15-6-9-17(10-7-15)31(27,28)25-13(2)3/h6-14,25H,5H2,1-4H3,(H,22,26)(H,23,24). The molecule has 0 aliphatic rings. The number of ether oxygens (including phenoxy) is 1. The van der Waals surface area contributed by atoms with Crippen molar-refractivity contribution < 1.29 is 17.9 Å². The van der Waals surface area contributed by atoms with Gasteiger partial charge < -0.3 is 15.0 Å². The zero-order valence-electron chi connectivity index (χ0n) is 17.8. The number of carbonyl (C=O) groups excluding carboxylic acids is 1. The predicted octanol–water partition coefficient (Wildman–Crippen LogP) is 3.77. The molecule has 1 heterocycles. The molecule has 0 spiro atoms. The normalized spacial score (nSPS) is 12.8. The van der Waals surface area contributed by atoms with Gasteiger partial charge in [0.05, 0.1) is 27.8 Å². The molecule has 0 saturated heterocycles. The quantitative estimate of drug-likeness (QED) is 0.417. The van der Waals surface area contributed by atoms with E-state index in [-0.39, 0.29) is 16.8 Å². The van der Waals surface area contributed by atoms with Crippen molar-refractivity contribution >= 4 is 44.4 Å². The number of amides is 1. The maximum atomic E-state index is 12.6. The van der Waals surface area contributed by atoms with Gasteiger partial charge in [-0.15, -0.1) is 0 Å². The summed E-state index contributed by atoms with van der Waals surface area (Å²) in [6.45, 7) is 7.80. The number of hydrogen-bond acceptors (Lipinski definition) is 6. The van der Waals surface area contributed by atoms with E-state index in [1.165, 1.54) is 23.9 Å². The summed E-state index contributed by atoms with van der Waals surface area (Å²) in [5, 5.41) is 3.02. The van der Waals surface area contributed by atoms with E-state index in [2.05, 4.69) is 20.0 Å². The Kier molecular flexibility index (Phi) is 7.24. The van der Waals surface area contributed by atoms with E-state index in [0.29, 0.717) is 17.5 Å². The van der Waals surface area contributed by atoms with Crippen molar-refractivity contribution in [1.82, 2.24) is 14.7 Å². The van der Waals surface area contributed by atoms with Crippen LogP contribution in [0.1, 0.15) is 27.7 Å². The minimum Gasteiger partial charge on any atom is -0.494 e. The van der Waals surface area contributed by atoms with E-state index in [1.54, 1.807) is 32.9 Å². The average molecular weight is 463 g/mol. The summed E-state index contributed by atoms with van der Waals surface area (Å²) >= 11 is 1.30. The Hall–Kier alpha value is -2.56. The lowest BCUT2D eigenvalue weighted by atomic mass is 10.3. The maximum absolute atomic E-state index is 12.6. The van der Waals surface area contributed by atoms with Gasteiger partial charge in [0, 0.05) is 17.8 Å². The molecule has 3 N–H and O–H groups in total. The van der Waals surface area contributed by atoms with Gasteiger partial charge in [0.1, 0.15) is 5.75 Å². The van der Waals surface area contributed by atoms with Crippen LogP contribution in [0, 0.1) is 0 Å². The van der Waals surface area contributed by atoms with Crippen molar-refractivity contribution in [2.45, 2.75) is 49.0 Å². The van der Waals surface area contributed by atoms with Crippen molar-refractivity contribution in [1.29, 1.82) is 0 Å². The van der Waals surface area contributed by atoms with Gasteiger partial charge in [0.25, 0.3) is 0 Å². The van der Waals surface area contributed by atoms with Crippen LogP contribution in [-0.2, 0) is 14.8 Å². The number of anilines is 1. The van der Waals surface area contributed by atoms with Crippen LogP contribution in [0.3, 0.4) is 0 Å². The molecule has 1 aromatic heterocycles. The summed E-state index contributed by atoms with van der Waals surface area (Å²) < 4.78 is 32.4. The molecule has 166 valence electrons. The maximum Gasteiger partial charge on any atom is 0.240 e. The molecule has 1 unspecified atom stereocenters. The predicted molar refractivity (Wildman–Crippen MR) is 123 cm³/mol. The van der Waals surface area contributed by atoms with Crippen molar-refractivity contribution in [3.05, 3.63) is 42.5 Å². The Morgan fingerprint density at radius 3 is 2.52 bits per heavy atom. The number of thioether (sulfide) groups is 1. The number of carbonyl (C=O) groups is 1. The van der Waals surface area contributed by atoms with Gasteiger partial charge in [0.15, 0.2) is 5.16 Å². The molecule has 3 rings (SSSR count). The highest BCUT2D eigenvalue weighted by molar-refractivity contribution is 8.00. The molecular formula is C21H26N4O4S2. The van der Waals surface area contributed by atoms with Crippen LogP contribution in [0.25, 0.3) is 11.0 Å². The molecule has 0 radical (unpaired) electrons. The van der Waals surface area contributed by atoms with Crippen LogP contribution in [-0.4, -0.2) is 42.2 Å². The largest absolute Gasteiger partial charge is 0.494 e. The lowest BCUT2D eigenvalue weighted by molar-refractivity contribution is -0.115. The number of H-pyrrole nitrogens is 1. The summed E-state index contributed by atoms with van der Waals surface area (Å²) in [4.78, 5) is 20.4. The number of benzene rings is 2. The van der Waals surface area contributed by atoms with Crippen LogP contribution in [0.15, 0.2) is 52.5 Å². The lowest BCUT2D eigenvalue weighted by Gasteiger charge is -2.12. The molecule has 1 atom stereocenters. The van der Waals surface area contributed by atoms with Crippen LogP contribution in [0.2, 0.25) is 0 Å². The van der Waals surface area contributed by atoms with Gasteiger partial charge in [0.2, 0.25) is 15.9 Å². The number of fused-ring (bicyclic) bond motifs is 1. The molecule has 0 fully saturated rings. The zero-order chi connectivity index (χ0) is 22.6. The van der Waals surface area contributed by atoms with Gasteiger partial charge in [-0.2, -0.15) is 0 Å². The topological polar surface area (TPSA) is 113 Å². The van der Waals surface area contributed by atoms with Crippen LogP contribution >= 0.6 is 11.8 Å². The number of imidazole rings is 1. The minimum atomic E-state index is -3.57. The Morgan fingerprint density at radius 2 is 1.87 bits per heavy atom. The minimum absolute atomic E-state index is 0.148. The first-order valence-electron chi connectivity index (χ1n) is 9.90. The third-order valence-corrected chi connectivity index (χ3v) is 6.88. The average Bonchev–Trinajstić information content (AvgIpc) is 3.09. The van der Waals surface area contributed by atoms with E-state index in [1.807, 2.05) is 25.1 Å². The van der Waals surface area contributed by atoms with E-state index in [0.717, 1.165) is 16.8 Å². The fourth-order valence-electron chi connectivity index (χ4n) is 2.84. The van der Waals surface area contributed by atoms with Gasteiger partial charge in [-0.3, -0.25) is 4.79 Å².